The Labute approximate surface area is 178 Å². The van der Waals surface area contributed by atoms with E-state index >= 15 is 0 Å². The van der Waals surface area contributed by atoms with Gasteiger partial charge in [0.05, 0.1) is 15.8 Å². The Balaban J connectivity index is 1.61. The molecule has 0 radical (unpaired) electrons. The lowest BCUT2D eigenvalue weighted by Crippen LogP contribution is -2.25. The maximum absolute atomic E-state index is 14.2. The summed E-state index contributed by atoms with van der Waals surface area (Å²) in [6.45, 7) is 3.34. The van der Waals surface area contributed by atoms with Crippen LogP contribution in [0, 0.1) is 12.7 Å². The van der Waals surface area contributed by atoms with Gasteiger partial charge in [-0.05, 0) is 48.7 Å². The number of anilines is 1. The highest BCUT2D eigenvalue weighted by molar-refractivity contribution is 7.22. The number of halogens is 1. The average Bonchev–Trinajstić information content (AvgIpc) is 3.18. The maximum Gasteiger partial charge on any atom is 0.335 e. The molecule has 1 N–H and O–H groups in total. The second kappa shape index (κ2) is 8.63. The predicted molar refractivity (Wildman–Crippen MR) is 119 cm³/mol. The first-order valence-corrected chi connectivity index (χ1v) is 10.5. The molecule has 152 valence electrons. The molecule has 4 aromatic rings. The zero-order chi connectivity index (χ0) is 21.1. The fourth-order valence-corrected chi connectivity index (χ4v) is 4.27. The molecule has 4 nitrogen and oxygen atoms in total. The lowest BCUT2D eigenvalue weighted by molar-refractivity contribution is 0.0697. The monoisotopic (exact) mass is 420 g/mol. The van der Waals surface area contributed by atoms with Gasteiger partial charge in [-0.2, -0.15) is 0 Å². The molecular weight excluding hydrogens is 399 g/mol. The highest BCUT2D eigenvalue weighted by Gasteiger charge is 2.15. The van der Waals surface area contributed by atoms with E-state index in [4.69, 9.17) is 5.11 Å². The van der Waals surface area contributed by atoms with Gasteiger partial charge in [-0.1, -0.05) is 59.4 Å². The number of nitrogens with zero attached hydrogens (tertiary/aromatic N) is 2. The Kier molecular flexibility index (Phi) is 5.77. The molecule has 0 saturated carbocycles. The van der Waals surface area contributed by atoms with Crippen molar-refractivity contribution in [2.75, 3.05) is 11.4 Å². The third-order valence-electron chi connectivity index (χ3n) is 4.99. The number of aromatic carboxylic acids is 1. The molecule has 0 aliphatic carbocycles. The van der Waals surface area contributed by atoms with Crippen molar-refractivity contribution in [2.24, 2.45) is 0 Å². The molecule has 1 heterocycles. The van der Waals surface area contributed by atoms with Gasteiger partial charge >= 0.3 is 5.97 Å². The van der Waals surface area contributed by atoms with E-state index in [-0.39, 0.29) is 11.4 Å². The largest absolute Gasteiger partial charge is 0.478 e. The molecule has 0 spiro atoms. The summed E-state index contributed by atoms with van der Waals surface area (Å²) < 4.78 is 14.7. The number of benzene rings is 3. The van der Waals surface area contributed by atoms with Gasteiger partial charge in [0.2, 0.25) is 0 Å². The van der Waals surface area contributed by atoms with E-state index in [1.165, 1.54) is 28.5 Å². The summed E-state index contributed by atoms with van der Waals surface area (Å²) in [5, 5.41) is 9.87. The topological polar surface area (TPSA) is 53.4 Å². The minimum absolute atomic E-state index is 0.256. The van der Waals surface area contributed by atoms with E-state index in [1.807, 2.05) is 18.2 Å². The van der Waals surface area contributed by atoms with Gasteiger partial charge in [0, 0.05) is 13.1 Å². The summed E-state index contributed by atoms with van der Waals surface area (Å²) >= 11 is 1.34. The summed E-state index contributed by atoms with van der Waals surface area (Å²) in [7, 11) is 0. The number of fused-ring (bicyclic) bond motifs is 1. The number of thiazole rings is 1. The van der Waals surface area contributed by atoms with Gasteiger partial charge in [-0.15, -0.1) is 0 Å². The Bertz CT molecular complexity index is 1170. The number of hydrogen-bond donors (Lipinski definition) is 1. The van der Waals surface area contributed by atoms with Gasteiger partial charge < -0.3 is 10.0 Å². The van der Waals surface area contributed by atoms with Crippen molar-refractivity contribution in [3.8, 4) is 0 Å². The molecule has 4 rings (SSSR count). The lowest BCUT2D eigenvalue weighted by Gasteiger charge is -2.22. The molecule has 0 atom stereocenters. The van der Waals surface area contributed by atoms with E-state index in [1.54, 1.807) is 18.2 Å². The van der Waals surface area contributed by atoms with Crippen LogP contribution >= 0.6 is 11.3 Å². The van der Waals surface area contributed by atoms with E-state index in [2.05, 4.69) is 41.1 Å². The Morgan fingerprint density at radius 3 is 2.40 bits per heavy atom. The second-order valence-electron chi connectivity index (χ2n) is 7.24. The van der Waals surface area contributed by atoms with Gasteiger partial charge in [0.25, 0.3) is 0 Å². The van der Waals surface area contributed by atoms with Crippen LogP contribution in [-0.4, -0.2) is 22.6 Å². The molecule has 30 heavy (non-hydrogen) atoms. The van der Waals surface area contributed by atoms with Crippen LogP contribution in [0.5, 0.6) is 0 Å². The summed E-state index contributed by atoms with van der Waals surface area (Å²) in [4.78, 5) is 17.9. The van der Waals surface area contributed by atoms with Gasteiger partial charge in [-0.25, -0.2) is 14.2 Å². The number of carbonyl (C=O) groups is 1. The number of aromatic nitrogens is 1. The lowest BCUT2D eigenvalue weighted by atomic mass is 10.1. The van der Waals surface area contributed by atoms with Crippen LogP contribution in [0.2, 0.25) is 0 Å². The van der Waals surface area contributed by atoms with E-state index < -0.39 is 5.97 Å². The van der Waals surface area contributed by atoms with E-state index in [0.717, 1.165) is 17.1 Å². The van der Waals surface area contributed by atoms with Crippen molar-refractivity contribution in [3.63, 3.8) is 0 Å². The number of rotatable bonds is 7. The van der Waals surface area contributed by atoms with Crippen molar-refractivity contribution >= 4 is 32.7 Å². The highest BCUT2D eigenvalue weighted by atomic mass is 32.1. The SMILES string of the molecule is Cc1ccc(CCN(Cc2ccc(C(=O)O)cc2)c2nc3cccc(F)c3s2)cc1. The first kappa shape index (κ1) is 20.0. The quantitative estimate of drug-likeness (QED) is 0.417. The highest BCUT2D eigenvalue weighted by Crippen LogP contribution is 2.31. The zero-order valence-electron chi connectivity index (χ0n) is 16.5. The summed E-state index contributed by atoms with van der Waals surface area (Å²) in [5.74, 6) is -1.21. The Morgan fingerprint density at radius 2 is 1.73 bits per heavy atom. The van der Waals surface area contributed by atoms with Crippen LogP contribution in [0.1, 0.15) is 27.0 Å². The number of aryl methyl sites for hydroxylation is 1. The van der Waals surface area contributed by atoms with E-state index in [9.17, 15) is 9.18 Å². The first-order valence-electron chi connectivity index (χ1n) is 9.67. The molecule has 0 bridgehead atoms. The molecule has 0 fully saturated rings. The average molecular weight is 421 g/mol. The van der Waals surface area contributed by atoms with Gasteiger partial charge in [0.1, 0.15) is 5.82 Å². The minimum Gasteiger partial charge on any atom is -0.478 e. The summed E-state index contributed by atoms with van der Waals surface area (Å²) in [5.41, 5.74) is 4.32. The van der Waals surface area contributed by atoms with Gasteiger partial charge in [-0.3, -0.25) is 0 Å². The van der Waals surface area contributed by atoms with E-state index in [0.29, 0.717) is 23.3 Å². The molecule has 1 aromatic heterocycles. The molecule has 6 heteroatoms. The first-order chi connectivity index (χ1) is 14.5. The Morgan fingerprint density at radius 1 is 1.03 bits per heavy atom. The van der Waals surface area contributed by atoms with Crippen molar-refractivity contribution in [2.45, 2.75) is 19.9 Å². The third kappa shape index (κ3) is 4.49. The molecule has 0 aliphatic rings. The van der Waals surface area contributed by atoms with Crippen molar-refractivity contribution in [1.29, 1.82) is 0 Å². The molecule has 0 aliphatic heterocycles. The van der Waals surface area contributed by atoms with Gasteiger partial charge in [0.15, 0.2) is 5.13 Å². The van der Waals surface area contributed by atoms with Crippen LogP contribution in [0.3, 0.4) is 0 Å². The van der Waals surface area contributed by atoms with Crippen LogP contribution < -0.4 is 4.90 Å². The summed E-state index contributed by atoms with van der Waals surface area (Å²) in [6, 6.07) is 20.2. The van der Waals surface area contributed by atoms with Crippen LogP contribution in [0.15, 0.2) is 66.7 Å². The number of carboxylic acids is 1. The zero-order valence-corrected chi connectivity index (χ0v) is 17.3. The van der Waals surface area contributed by atoms with Crippen LogP contribution in [0.25, 0.3) is 10.2 Å². The maximum atomic E-state index is 14.2. The summed E-state index contributed by atoms with van der Waals surface area (Å²) in [6.07, 6.45) is 0.825. The number of carboxylic acid groups (broad SMARTS) is 1. The fraction of sp³-hybridized carbons (Fsp3) is 0.167. The minimum atomic E-state index is -0.945. The van der Waals surface area contributed by atoms with Crippen molar-refractivity contribution in [3.05, 3.63) is 94.8 Å². The molecule has 3 aromatic carbocycles. The predicted octanol–water partition coefficient (Wildman–Crippen LogP) is 5.69. The fourth-order valence-electron chi connectivity index (χ4n) is 3.27. The van der Waals surface area contributed by atoms with Crippen molar-refractivity contribution in [1.82, 2.24) is 4.98 Å². The molecular formula is C24H21FN2O2S. The van der Waals surface area contributed by atoms with Crippen LogP contribution in [0.4, 0.5) is 9.52 Å². The normalized spacial score (nSPS) is 11.0. The van der Waals surface area contributed by atoms with Crippen molar-refractivity contribution < 1.29 is 14.3 Å². The standard InChI is InChI=1S/C24H21FN2O2S/c1-16-5-7-17(8-6-16)13-14-27(15-18-9-11-19(12-10-18)23(28)29)24-26-21-4-2-3-20(25)22(21)30-24/h2-12H,13-15H2,1H3,(H,28,29). The number of hydrogen-bond acceptors (Lipinski definition) is 4. The Hall–Kier alpha value is -3.25. The second-order valence-corrected chi connectivity index (χ2v) is 8.22. The smallest absolute Gasteiger partial charge is 0.335 e. The van der Waals surface area contributed by atoms with Crippen LogP contribution in [-0.2, 0) is 13.0 Å². The third-order valence-corrected chi connectivity index (χ3v) is 6.13. The molecule has 0 saturated heterocycles. The molecule has 0 amide bonds. The molecule has 0 unspecified atom stereocenters.